The maximum Gasteiger partial charge on any atom is 0.144 e. The predicted octanol–water partition coefficient (Wildman–Crippen LogP) is 8.90. The van der Waals surface area contributed by atoms with Crippen molar-refractivity contribution in [1.29, 1.82) is 0 Å². The number of benzene rings is 3. The summed E-state index contributed by atoms with van der Waals surface area (Å²) in [6.45, 7) is 10.6. The number of para-hydroxylation sites is 2. The summed E-state index contributed by atoms with van der Waals surface area (Å²) in [5.41, 5.74) is 8.78. The highest BCUT2D eigenvalue weighted by atomic mass is 19.1. The van der Waals surface area contributed by atoms with E-state index in [1.807, 2.05) is 43.3 Å². The fraction of sp³-hybridized carbons (Fsp3) is 0.226. The molecule has 0 atom stereocenters. The number of aliphatic imine (C=N–C) groups is 2. The number of aryl methyl sites for hydroxylation is 1. The number of nitrogens with zero attached hydrogens (tertiary/aromatic N) is 2. The van der Waals surface area contributed by atoms with E-state index >= 15 is 0 Å². The second-order valence-electron chi connectivity index (χ2n) is 9.66. The predicted molar refractivity (Wildman–Crippen MR) is 142 cm³/mol. The molecule has 0 bridgehead atoms. The van der Waals surface area contributed by atoms with E-state index in [0.717, 1.165) is 39.2 Å². The Morgan fingerprint density at radius 1 is 0.714 bits per heavy atom. The average Bonchev–Trinajstić information content (AvgIpc) is 3.22. The number of halogens is 1. The van der Waals surface area contributed by atoms with Crippen LogP contribution >= 0.6 is 0 Å². The fourth-order valence-corrected chi connectivity index (χ4v) is 4.71. The van der Waals surface area contributed by atoms with Crippen molar-refractivity contribution in [3.05, 3.63) is 107 Å². The molecule has 0 radical (unpaired) electrons. The van der Waals surface area contributed by atoms with Crippen molar-refractivity contribution in [2.45, 2.75) is 46.5 Å². The Morgan fingerprint density at radius 3 is 1.89 bits per heavy atom. The zero-order valence-electron chi connectivity index (χ0n) is 20.8. The number of rotatable bonds is 4. The summed E-state index contributed by atoms with van der Waals surface area (Å²) in [5.74, 6) is 0.979. The van der Waals surface area contributed by atoms with Crippen LogP contribution in [0.4, 0.5) is 15.8 Å². The zero-order chi connectivity index (χ0) is 24.7. The van der Waals surface area contributed by atoms with Crippen molar-refractivity contribution in [3.63, 3.8) is 0 Å². The largest absolute Gasteiger partial charge is 0.463 e. The average molecular weight is 465 g/mol. The van der Waals surface area contributed by atoms with Gasteiger partial charge >= 0.3 is 0 Å². The van der Waals surface area contributed by atoms with E-state index in [4.69, 9.17) is 14.4 Å². The van der Waals surface area contributed by atoms with Crippen molar-refractivity contribution in [1.82, 2.24) is 0 Å². The Kier molecular flexibility index (Phi) is 5.98. The highest BCUT2D eigenvalue weighted by Crippen LogP contribution is 2.40. The zero-order valence-corrected chi connectivity index (χ0v) is 20.8. The molecule has 1 aliphatic rings. The third-order valence-corrected chi connectivity index (χ3v) is 6.50. The molecule has 0 unspecified atom stereocenters. The van der Waals surface area contributed by atoms with E-state index in [9.17, 15) is 4.39 Å². The molecule has 4 aromatic rings. The van der Waals surface area contributed by atoms with Crippen LogP contribution in [0, 0.1) is 12.7 Å². The quantitative estimate of drug-likeness (QED) is 0.297. The van der Waals surface area contributed by atoms with Gasteiger partial charge in [0.15, 0.2) is 0 Å². The molecule has 5 rings (SSSR count). The first-order valence-electron chi connectivity index (χ1n) is 12.1. The van der Waals surface area contributed by atoms with Crippen LogP contribution in [0.3, 0.4) is 0 Å². The molecule has 0 amide bonds. The van der Waals surface area contributed by atoms with E-state index in [2.05, 4.69) is 39.8 Å². The molecule has 0 N–H and O–H groups in total. The van der Waals surface area contributed by atoms with E-state index < -0.39 is 0 Å². The van der Waals surface area contributed by atoms with Gasteiger partial charge in [0, 0.05) is 11.1 Å². The van der Waals surface area contributed by atoms with Gasteiger partial charge in [-0.15, -0.1) is 0 Å². The maximum atomic E-state index is 14.6. The van der Waals surface area contributed by atoms with E-state index in [-0.39, 0.29) is 5.82 Å². The normalized spacial score (nSPS) is 15.2. The molecule has 3 aromatic carbocycles. The van der Waals surface area contributed by atoms with Gasteiger partial charge in [-0.05, 0) is 65.8 Å². The Bertz CT molecular complexity index is 1470. The van der Waals surface area contributed by atoms with Gasteiger partial charge < -0.3 is 4.42 Å². The van der Waals surface area contributed by atoms with E-state index in [1.165, 1.54) is 12.1 Å². The molecule has 0 saturated carbocycles. The van der Waals surface area contributed by atoms with Gasteiger partial charge in [-0.3, -0.25) is 0 Å². The van der Waals surface area contributed by atoms with Gasteiger partial charge in [-0.25, -0.2) is 14.4 Å². The van der Waals surface area contributed by atoms with Crippen molar-refractivity contribution in [2.24, 2.45) is 9.98 Å². The van der Waals surface area contributed by atoms with Crippen LogP contribution in [0.15, 0.2) is 87.4 Å². The number of hydrogen-bond donors (Lipinski definition) is 0. The third kappa shape index (κ3) is 4.14. The second kappa shape index (κ2) is 9.10. The Morgan fingerprint density at radius 2 is 1.29 bits per heavy atom. The van der Waals surface area contributed by atoms with Gasteiger partial charge in [0.1, 0.15) is 17.3 Å². The molecule has 1 aliphatic carbocycles. The minimum absolute atomic E-state index is 0.291. The highest BCUT2D eigenvalue weighted by molar-refractivity contribution is 6.57. The summed E-state index contributed by atoms with van der Waals surface area (Å²) in [4.78, 5) is 10.4. The molecule has 0 aliphatic heterocycles. The fourth-order valence-electron chi connectivity index (χ4n) is 4.71. The minimum Gasteiger partial charge on any atom is -0.463 e. The van der Waals surface area contributed by atoms with Gasteiger partial charge in [-0.2, -0.15) is 0 Å². The Hall–Kier alpha value is -3.79. The molecule has 0 saturated heterocycles. The van der Waals surface area contributed by atoms with Gasteiger partial charge in [0.25, 0.3) is 0 Å². The van der Waals surface area contributed by atoms with Crippen molar-refractivity contribution in [2.75, 3.05) is 0 Å². The molecule has 176 valence electrons. The third-order valence-electron chi connectivity index (χ3n) is 6.50. The van der Waals surface area contributed by atoms with Gasteiger partial charge in [-0.1, -0.05) is 64.1 Å². The number of fused-ring (bicyclic) bond motifs is 3. The lowest BCUT2D eigenvalue weighted by molar-refractivity contribution is 0.579. The molecule has 1 heterocycles. The van der Waals surface area contributed by atoms with E-state index in [1.54, 1.807) is 12.3 Å². The molecular formula is C31H29FN2O. The lowest BCUT2D eigenvalue weighted by Gasteiger charge is -2.22. The van der Waals surface area contributed by atoms with Gasteiger partial charge in [0.05, 0.1) is 28.9 Å². The summed E-state index contributed by atoms with van der Waals surface area (Å²) >= 11 is 0. The van der Waals surface area contributed by atoms with Crippen LogP contribution in [0.5, 0.6) is 0 Å². The highest BCUT2D eigenvalue weighted by Gasteiger charge is 2.32. The smallest absolute Gasteiger partial charge is 0.144 e. The number of hydrogen-bond acceptors (Lipinski definition) is 3. The second-order valence-corrected chi connectivity index (χ2v) is 9.66. The standard InChI is InChI=1S/C31H29FN2O/c1-18(2)22-10-6-8-12-26(22)33-29-25-16-21(32)14-15-24(25)31-28(20(5)17-35-31)30(29)34-27-13-9-7-11-23(27)19(3)4/h6-19H,1-5H3. The van der Waals surface area contributed by atoms with Crippen LogP contribution in [0.25, 0.3) is 11.3 Å². The lowest BCUT2D eigenvalue weighted by atomic mass is 9.85. The van der Waals surface area contributed by atoms with Crippen molar-refractivity contribution in [3.8, 4) is 11.3 Å². The summed E-state index contributed by atoms with van der Waals surface area (Å²) in [7, 11) is 0. The summed E-state index contributed by atoms with van der Waals surface area (Å²) in [6, 6.07) is 21.1. The Labute approximate surface area is 206 Å². The van der Waals surface area contributed by atoms with Gasteiger partial charge in [0.2, 0.25) is 0 Å². The van der Waals surface area contributed by atoms with Crippen LogP contribution in [-0.4, -0.2) is 11.4 Å². The van der Waals surface area contributed by atoms with Crippen molar-refractivity contribution >= 4 is 22.8 Å². The van der Waals surface area contributed by atoms with Crippen LogP contribution in [-0.2, 0) is 0 Å². The Balaban J connectivity index is 1.86. The molecule has 0 fully saturated rings. The molecule has 1 aromatic heterocycles. The summed E-state index contributed by atoms with van der Waals surface area (Å²) in [6.07, 6.45) is 1.74. The first-order chi connectivity index (χ1) is 16.8. The molecule has 3 nitrogen and oxygen atoms in total. The maximum absolute atomic E-state index is 14.6. The first-order valence-corrected chi connectivity index (χ1v) is 12.1. The molecule has 35 heavy (non-hydrogen) atoms. The SMILES string of the molecule is Cc1coc2c1C(=Nc1ccccc1C(C)C)C(=Nc1ccccc1C(C)C)c1cc(F)ccc1-2. The minimum atomic E-state index is -0.317. The molecule has 0 spiro atoms. The monoisotopic (exact) mass is 464 g/mol. The van der Waals surface area contributed by atoms with Crippen molar-refractivity contribution < 1.29 is 8.81 Å². The topological polar surface area (TPSA) is 37.9 Å². The lowest BCUT2D eigenvalue weighted by Crippen LogP contribution is -2.23. The van der Waals surface area contributed by atoms with E-state index in [0.29, 0.717) is 34.6 Å². The van der Waals surface area contributed by atoms with Crippen LogP contribution < -0.4 is 0 Å². The summed E-state index contributed by atoms with van der Waals surface area (Å²) < 4.78 is 20.6. The van der Waals surface area contributed by atoms with Crippen LogP contribution in [0.1, 0.15) is 67.3 Å². The summed E-state index contributed by atoms with van der Waals surface area (Å²) in [5, 5.41) is 0. The first kappa shape index (κ1) is 23.0. The molecule has 4 heteroatoms. The van der Waals surface area contributed by atoms with Crippen LogP contribution in [0.2, 0.25) is 0 Å². The number of furan rings is 1. The molecular weight excluding hydrogens is 435 g/mol.